The van der Waals surface area contributed by atoms with E-state index in [4.69, 9.17) is 14.2 Å². The minimum Gasteiger partial charge on any atom is -0.462 e. The molecule has 0 aromatic carbocycles. The van der Waals surface area contributed by atoms with Gasteiger partial charge in [-0.2, -0.15) is 0 Å². The quantitative estimate of drug-likeness (QED) is 0.0199. The van der Waals surface area contributed by atoms with Crippen molar-refractivity contribution in [2.75, 3.05) is 13.2 Å². The maximum absolute atomic E-state index is 12.8. The van der Waals surface area contributed by atoms with Crippen molar-refractivity contribution in [3.8, 4) is 0 Å². The Balaban J connectivity index is 4.40. The lowest BCUT2D eigenvalue weighted by Gasteiger charge is -2.18. The molecule has 6 heteroatoms. The van der Waals surface area contributed by atoms with Crippen LogP contribution in [0.15, 0.2) is 85.1 Å². The molecule has 0 rings (SSSR count). The van der Waals surface area contributed by atoms with Crippen LogP contribution in [0, 0.1) is 0 Å². The van der Waals surface area contributed by atoms with Crippen LogP contribution in [0.5, 0.6) is 0 Å². The van der Waals surface area contributed by atoms with Crippen molar-refractivity contribution < 1.29 is 28.6 Å². The van der Waals surface area contributed by atoms with E-state index in [1.165, 1.54) is 64.2 Å². The molecule has 1 atom stereocenters. The molecule has 0 aliphatic carbocycles. The van der Waals surface area contributed by atoms with E-state index >= 15 is 0 Å². The van der Waals surface area contributed by atoms with Crippen molar-refractivity contribution in [2.45, 2.75) is 239 Å². The number of hydrogen-bond acceptors (Lipinski definition) is 6. The first-order valence-electron chi connectivity index (χ1n) is 25.6. The van der Waals surface area contributed by atoms with E-state index in [-0.39, 0.29) is 31.1 Å². The van der Waals surface area contributed by atoms with Crippen molar-refractivity contribution in [1.82, 2.24) is 0 Å². The van der Waals surface area contributed by atoms with Crippen molar-refractivity contribution in [1.29, 1.82) is 0 Å². The Hall–Kier alpha value is -3.41. The first-order valence-corrected chi connectivity index (χ1v) is 25.6. The molecule has 0 saturated carbocycles. The molecule has 1 unspecified atom stereocenters. The molecular formula is C56H94O6. The van der Waals surface area contributed by atoms with Crippen molar-refractivity contribution in [2.24, 2.45) is 0 Å². The Morgan fingerprint density at radius 1 is 0.355 bits per heavy atom. The molecule has 0 bridgehead atoms. The molecule has 0 saturated heterocycles. The highest BCUT2D eigenvalue weighted by Gasteiger charge is 2.19. The molecule has 0 aliphatic rings. The van der Waals surface area contributed by atoms with E-state index in [1.54, 1.807) is 0 Å². The predicted molar refractivity (Wildman–Crippen MR) is 265 cm³/mol. The van der Waals surface area contributed by atoms with Crippen LogP contribution >= 0.6 is 0 Å². The molecule has 62 heavy (non-hydrogen) atoms. The van der Waals surface area contributed by atoms with Crippen molar-refractivity contribution in [3.05, 3.63) is 85.1 Å². The average Bonchev–Trinajstić information content (AvgIpc) is 3.27. The highest BCUT2D eigenvalue weighted by atomic mass is 16.6. The molecule has 0 aromatic heterocycles. The molecule has 0 aromatic rings. The van der Waals surface area contributed by atoms with E-state index in [0.717, 1.165) is 128 Å². The second-order valence-corrected chi connectivity index (χ2v) is 16.7. The molecule has 0 radical (unpaired) electrons. The minimum absolute atomic E-state index is 0.0928. The molecule has 0 aliphatic heterocycles. The lowest BCUT2D eigenvalue weighted by atomic mass is 10.1. The van der Waals surface area contributed by atoms with Crippen LogP contribution < -0.4 is 0 Å². The molecule has 0 fully saturated rings. The predicted octanol–water partition coefficient (Wildman–Crippen LogP) is 16.8. The summed E-state index contributed by atoms with van der Waals surface area (Å²) in [5, 5.41) is 0. The second kappa shape index (κ2) is 50.2. The third-order valence-electron chi connectivity index (χ3n) is 10.6. The number of carbonyl (C=O) groups excluding carboxylic acids is 3. The van der Waals surface area contributed by atoms with Gasteiger partial charge in [-0.15, -0.1) is 0 Å². The highest BCUT2D eigenvalue weighted by Crippen LogP contribution is 2.13. The van der Waals surface area contributed by atoms with E-state index in [9.17, 15) is 14.4 Å². The zero-order valence-electron chi connectivity index (χ0n) is 40.4. The summed E-state index contributed by atoms with van der Waals surface area (Å²) in [5.41, 5.74) is 0. The summed E-state index contributed by atoms with van der Waals surface area (Å²) in [4.78, 5) is 37.9. The highest BCUT2D eigenvalue weighted by molar-refractivity contribution is 5.71. The summed E-state index contributed by atoms with van der Waals surface area (Å²) < 4.78 is 16.7. The van der Waals surface area contributed by atoms with Gasteiger partial charge in [0.2, 0.25) is 0 Å². The van der Waals surface area contributed by atoms with Gasteiger partial charge in [0.25, 0.3) is 0 Å². The normalized spacial score (nSPS) is 12.8. The number of unbranched alkanes of at least 4 members (excludes halogenated alkanes) is 21. The Bertz CT molecular complexity index is 1220. The van der Waals surface area contributed by atoms with Crippen LogP contribution in [0.2, 0.25) is 0 Å². The fraction of sp³-hybridized carbons (Fsp3) is 0.696. The monoisotopic (exact) mass is 863 g/mol. The average molecular weight is 863 g/mol. The third kappa shape index (κ3) is 47.6. The van der Waals surface area contributed by atoms with Crippen LogP contribution in [0.4, 0.5) is 0 Å². The summed E-state index contributed by atoms with van der Waals surface area (Å²) in [6.45, 7) is 6.41. The van der Waals surface area contributed by atoms with Gasteiger partial charge in [-0.25, -0.2) is 0 Å². The topological polar surface area (TPSA) is 78.9 Å². The van der Waals surface area contributed by atoms with E-state index in [2.05, 4.69) is 106 Å². The molecular weight excluding hydrogens is 769 g/mol. The smallest absolute Gasteiger partial charge is 0.306 e. The number of esters is 3. The van der Waals surface area contributed by atoms with Gasteiger partial charge < -0.3 is 14.2 Å². The molecule has 354 valence electrons. The number of carbonyl (C=O) groups is 3. The van der Waals surface area contributed by atoms with Gasteiger partial charge in [-0.1, -0.05) is 196 Å². The first kappa shape index (κ1) is 58.6. The summed E-state index contributed by atoms with van der Waals surface area (Å²) in [7, 11) is 0. The fourth-order valence-corrected chi connectivity index (χ4v) is 6.76. The summed E-state index contributed by atoms with van der Waals surface area (Å²) in [6, 6.07) is 0. The maximum Gasteiger partial charge on any atom is 0.306 e. The van der Waals surface area contributed by atoms with Gasteiger partial charge in [-0.05, 0) is 103 Å². The van der Waals surface area contributed by atoms with Crippen LogP contribution in [0.1, 0.15) is 233 Å². The van der Waals surface area contributed by atoms with E-state index in [0.29, 0.717) is 19.3 Å². The van der Waals surface area contributed by atoms with Crippen LogP contribution in [0.25, 0.3) is 0 Å². The summed E-state index contributed by atoms with van der Waals surface area (Å²) >= 11 is 0. The molecule has 0 heterocycles. The Morgan fingerprint density at radius 3 is 1.15 bits per heavy atom. The fourth-order valence-electron chi connectivity index (χ4n) is 6.76. The van der Waals surface area contributed by atoms with Crippen molar-refractivity contribution in [3.63, 3.8) is 0 Å². The van der Waals surface area contributed by atoms with Gasteiger partial charge in [-0.3, -0.25) is 14.4 Å². The zero-order valence-corrected chi connectivity index (χ0v) is 40.4. The molecule has 0 spiro atoms. The van der Waals surface area contributed by atoms with Gasteiger partial charge >= 0.3 is 17.9 Å². The maximum atomic E-state index is 12.8. The molecule has 0 amide bonds. The Kier molecular flexibility index (Phi) is 47.5. The largest absolute Gasteiger partial charge is 0.462 e. The van der Waals surface area contributed by atoms with E-state index < -0.39 is 6.10 Å². The first-order chi connectivity index (χ1) is 30.5. The standard InChI is InChI=1S/C56H94O6/c1-4-7-10-13-16-19-22-24-26-27-28-29-31-32-34-37-40-43-46-49-55(58)61-52-53(51-60-54(57)48-45-42-39-36-21-18-15-12-9-6-3)62-56(59)50-47-44-41-38-35-33-30-25-23-20-17-14-11-8-5-2/h7,10,15-20,23-26,28-29,53H,4-6,8-9,11-14,21-22,27,30-52H2,1-3H3/b10-7-,18-15-,19-16-,20-17-,25-23-,26-24-,29-28-. The van der Waals surface area contributed by atoms with E-state index in [1.807, 2.05) is 0 Å². The van der Waals surface area contributed by atoms with Gasteiger partial charge in [0.15, 0.2) is 6.10 Å². The Morgan fingerprint density at radius 2 is 0.694 bits per heavy atom. The number of allylic oxidation sites excluding steroid dienone is 14. The third-order valence-corrected chi connectivity index (χ3v) is 10.6. The van der Waals surface area contributed by atoms with Crippen LogP contribution in [-0.2, 0) is 28.6 Å². The summed E-state index contributed by atoms with van der Waals surface area (Å²) in [6.07, 6.45) is 64.2. The van der Waals surface area contributed by atoms with Gasteiger partial charge in [0.05, 0.1) is 0 Å². The van der Waals surface area contributed by atoms with Gasteiger partial charge in [0, 0.05) is 19.3 Å². The minimum atomic E-state index is -0.792. The SMILES string of the molecule is CC/C=C\C/C=C\C/C=C\C/C=C\CCCCCCCCC(=O)OCC(COC(=O)CCCCCC/C=C\CCCC)OC(=O)CCCCCCCC/C=C\C=C/CCCCC. The lowest BCUT2D eigenvalue weighted by Crippen LogP contribution is -2.30. The molecule has 6 nitrogen and oxygen atoms in total. The number of rotatable bonds is 45. The molecule has 0 N–H and O–H groups in total. The summed E-state index contributed by atoms with van der Waals surface area (Å²) in [5.74, 6) is -0.934. The Labute approximate surface area is 382 Å². The zero-order chi connectivity index (χ0) is 45.1. The van der Waals surface area contributed by atoms with Crippen LogP contribution in [-0.4, -0.2) is 37.2 Å². The number of hydrogen-bond donors (Lipinski definition) is 0. The lowest BCUT2D eigenvalue weighted by molar-refractivity contribution is -0.167. The number of ether oxygens (including phenoxy) is 3. The van der Waals surface area contributed by atoms with Gasteiger partial charge in [0.1, 0.15) is 13.2 Å². The van der Waals surface area contributed by atoms with Crippen LogP contribution in [0.3, 0.4) is 0 Å². The second-order valence-electron chi connectivity index (χ2n) is 16.7. The van der Waals surface area contributed by atoms with Crippen molar-refractivity contribution >= 4 is 17.9 Å².